The zero-order valence-electron chi connectivity index (χ0n) is 27.6. The summed E-state index contributed by atoms with van der Waals surface area (Å²) in [5.41, 5.74) is 2.58. The highest BCUT2D eigenvalue weighted by Crippen LogP contribution is 2.31. The van der Waals surface area contributed by atoms with Gasteiger partial charge in [-0.25, -0.2) is 8.42 Å². The maximum Gasteiger partial charge on any atom is 0.264 e. The van der Waals surface area contributed by atoms with E-state index in [1.807, 2.05) is 49.4 Å². The fourth-order valence-corrected chi connectivity index (χ4v) is 8.03. The van der Waals surface area contributed by atoms with Crippen LogP contribution in [0.15, 0.2) is 102 Å². The number of anilines is 1. The van der Waals surface area contributed by atoms with Crippen LogP contribution in [0.4, 0.5) is 5.69 Å². The predicted molar refractivity (Wildman–Crippen MR) is 195 cm³/mol. The minimum atomic E-state index is -4.30. The number of nitrogens with zero attached hydrogens (tertiary/aromatic N) is 2. The molecule has 49 heavy (non-hydrogen) atoms. The van der Waals surface area contributed by atoms with Crippen molar-refractivity contribution >= 4 is 50.7 Å². The van der Waals surface area contributed by atoms with Gasteiger partial charge in [0.25, 0.3) is 10.0 Å². The van der Waals surface area contributed by atoms with E-state index in [4.69, 9.17) is 27.9 Å². The molecule has 5 rings (SSSR count). The Balaban J connectivity index is 1.59. The largest absolute Gasteiger partial charge is 0.497 e. The van der Waals surface area contributed by atoms with Gasteiger partial charge < -0.3 is 15.0 Å². The summed E-state index contributed by atoms with van der Waals surface area (Å²) >= 11 is 12.7. The van der Waals surface area contributed by atoms with Crippen molar-refractivity contribution in [3.63, 3.8) is 0 Å². The standard InChI is InChI=1S/C38H41Cl2N3O5S/c1-27-16-18-35(19-17-27)49(46,47)43(33-23-30(39)22-31(40)24-33)26-37(44)42(25-29-12-9-15-34(20-29)48-2)36(21-28-10-5-3-6-11-28)38(45)41-32-13-7-4-8-14-32/h3,5-6,9-12,15-20,22-24,32,36H,4,7-8,13-14,21,25-26H2,1-2H3,(H,41,45)/t36-/m1/s1. The Hall–Kier alpha value is -4.05. The lowest BCUT2D eigenvalue weighted by Crippen LogP contribution is -2.55. The number of ether oxygens (including phenoxy) is 1. The highest BCUT2D eigenvalue weighted by molar-refractivity contribution is 7.92. The number of benzene rings is 4. The van der Waals surface area contributed by atoms with E-state index in [9.17, 15) is 18.0 Å². The smallest absolute Gasteiger partial charge is 0.264 e. The van der Waals surface area contributed by atoms with Gasteiger partial charge in [-0.1, -0.05) is 103 Å². The van der Waals surface area contributed by atoms with Crippen molar-refractivity contribution in [2.45, 2.75) is 69.0 Å². The van der Waals surface area contributed by atoms with E-state index in [2.05, 4.69) is 5.32 Å². The molecule has 1 aliphatic carbocycles. The summed E-state index contributed by atoms with van der Waals surface area (Å²) in [6.07, 6.45) is 5.13. The monoisotopic (exact) mass is 721 g/mol. The van der Waals surface area contributed by atoms with E-state index in [1.54, 1.807) is 31.4 Å². The highest BCUT2D eigenvalue weighted by Gasteiger charge is 2.35. The van der Waals surface area contributed by atoms with E-state index in [0.717, 1.165) is 53.1 Å². The number of carbonyl (C=O) groups is 2. The Morgan fingerprint density at radius 1 is 0.857 bits per heavy atom. The van der Waals surface area contributed by atoms with Gasteiger partial charge in [0.05, 0.1) is 17.7 Å². The van der Waals surface area contributed by atoms with Crippen LogP contribution >= 0.6 is 23.2 Å². The maximum atomic E-state index is 14.8. The molecule has 11 heteroatoms. The first-order valence-electron chi connectivity index (χ1n) is 16.4. The number of hydrogen-bond acceptors (Lipinski definition) is 5. The Bertz CT molecular complexity index is 1830. The number of methoxy groups -OCH3 is 1. The van der Waals surface area contributed by atoms with Gasteiger partial charge in [-0.3, -0.25) is 13.9 Å². The SMILES string of the molecule is COc1cccc(CN(C(=O)CN(c2cc(Cl)cc(Cl)c2)S(=O)(=O)c2ccc(C)cc2)[C@H](Cc2ccccc2)C(=O)NC2CCCCC2)c1. The summed E-state index contributed by atoms with van der Waals surface area (Å²) in [5, 5.41) is 3.64. The normalized spacial score (nSPS) is 14.1. The third-order valence-corrected chi connectivity index (χ3v) is 11.0. The van der Waals surface area contributed by atoms with Crippen molar-refractivity contribution in [1.82, 2.24) is 10.2 Å². The van der Waals surface area contributed by atoms with Crippen LogP contribution in [0, 0.1) is 6.92 Å². The molecule has 1 aliphatic rings. The number of hydrogen-bond donors (Lipinski definition) is 1. The molecule has 0 saturated heterocycles. The van der Waals surface area contributed by atoms with Crippen LogP contribution in [-0.2, 0) is 32.6 Å². The third kappa shape index (κ3) is 9.56. The van der Waals surface area contributed by atoms with E-state index in [0.29, 0.717) is 5.75 Å². The van der Waals surface area contributed by atoms with Gasteiger partial charge in [-0.2, -0.15) is 0 Å². The van der Waals surface area contributed by atoms with Gasteiger partial charge in [-0.15, -0.1) is 0 Å². The maximum absolute atomic E-state index is 14.8. The molecule has 0 radical (unpaired) electrons. The Morgan fingerprint density at radius 2 is 1.51 bits per heavy atom. The van der Waals surface area contributed by atoms with Crippen LogP contribution in [-0.4, -0.2) is 50.9 Å². The topological polar surface area (TPSA) is 96.0 Å². The number of halogens is 2. The summed E-state index contributed by atoms with van der Waals surface area (Å²) < 4.78 is 35.1. The molecule has 1 N–H and O–H groups in total. The van der Waals surface area contributed by atoms with Crippen LogP contribution in [0.1, 0.15) is 48.8 Å². The minimum absolute atomic E-state index is 0.000288. The molecule has 4 aromatic carbocycles. The van der Waals surface area contributed by atoms with Crippen molar-refractivity contribution in [1.29, 1.82) is 0 Å². The molecule has 1 saturated carbocycles. The van der Waals surface area contributed by atoms with Gasteiger partial charge in [0, 0.05) is 29.1 Å². The van der Waals surface area contributed by atoms with E-state index in [-0.39, 0.29) is 45.5 Å². The minimum Gasteiger partial charge on any atom is -0.497 e. The number of aryl methyl sites for hydroxylation is 1. The lowest BCUT2D eigenvalue weighted by molar-refractivity contribution is -0.140. The first-order chi connectivity index (χ1) is 23.5. The van der Waals surface area contributed by atoms with Gasteiger partial charge in [-0.05, 0) is 73.4 Å². The molecule has 0 unspecified atom stereocenters. The number of amides is 2. The predicted octanol–water partition coefficient (Wildman–Crippen LogP) is 7.59. The zero-order chi connectivity index (χ0) is 35.0. The van der Waals surface area contributed by atoms with Crippen LogP contribution in [0.5, 0.6) is 5.75 Å². The van der Waals surface area contributed by atoms with Crippen LogP contribution in [0.25, 0.3) is 0 Å². The number of carbonyl (C=O) groups excluding carboxylic acids is 2. The van der Waals surface area contributed by atoms with E-state index >= 15 is 0 Å². The lowest BCUT2D eigenvalue weighted by Gasteiger charge is -2.35. The molecular formula is C38H41Cl2N3O5S. The molecule has 0 spiro atoms. The van der Waals surface area contributed by atoms with E-state index in [1.165, 1.54) is 35.2 Å². The second kappa shape index (κ2) is 16.6. The van der Waals surface area contributed by atoms with Gasteiger partial charge in [0.1, 0.15) is 18.3 Å². The molecule has 8 nitrogen and oxygen atoms in total. The first kappa shape index (κ1) is 36.2. The molecule has 0 heterocycles. The van der Waals surface area contributed by atoms with Crippen LogP contribution in [0.3, 0.4) is 0 Å². The summed E-state index contributed by atoms with van der Waals surface area (Å²) in [6, 6.07) is 26.6. The second-order valence-corrected chi connectivity index (χ2v) is 15.1. The Kier molecular flexibility index (Phi) is 12.3. The first-order valence-corrected chi connectivity index (χ1v) is 18.6. The quantitative estimate of drug-likeness (QED) is 0.154. The van der Waals surface area contributed by atoms with Crippen LogP contribution in [0.2, 0.25) is 10.0 Å². The van der Waals surface area contributed by atoms with Gasteiger partial charge in [0.2, 0.25) is 11.8 Å². The molecule has 0 bridgehead atoms. The van der Waals surface area contributed by atoms with E-state index < -0.39 is 28.5 Å². The second-order valence-electron chi connectivity index (χ2n) is 12.4. The molecule has 0 aromatic heterocycles. The lowest BCUT2D eigenvalue weighted by atomic mass is 9.94. The summed E-state index contributed by atoms with van der Waals surface area (Å²) in [6.45, 7) is 1.27. The van der Waals surface area contributed by atoms with Gasteiger partial charge >= 0.3 is 0 Å². The number of nitrogens with one attached hydrogen (secondary N) is 1. The Morgan fingerprint density at radius 3 is 2.16 bits per heavy atom. The average molecular weight is 723 g/mol. The number of rotatable bonds is 13. The van der Waals surface area contributed by atoms with Crippen molar-refractivity contribution in [3.8, 4) is 5.75 Å². The molecule has 258 valence electrons. The fourth-order valence-electron chi connectivity index (χ4n) is 6.12. The highest BCUT2D eigenvalue weighted by atomic mass is 35.5. The van der Waals surface area contributed by atoms with Gasteiger partial charge in [0.15, 0.2) is 0 Å². The summed E-state index contributed by atoms with van der Waals surface area (Å²) in [5.74, 6) is -0.270. The Labute approximate surface area is 299 Å². The molecule has 2 amide bonds. The molecule has 4 aromatic rings. The molecule has 1 fully saturated rings. The molecule has 1 atom stereocenters. The average Bonchev–Trinajstić information content (AvgIpc) is 3.09. The van der Waals surface area contributed by atoms with Crippen molar-refractivity contribution in [2.75, 3.05) is 18.0 Å². The fraction of sp³-hybridized carbons (Fsp3) is 0.316. The van der Waals surface area contributed by atoms with Crippen molar-refractivity contribution in [2.24, 2.45) is 0 Å². The zero-order valence-corrected chi connectivity index (χ0v) is 30.0. The van der Waals surface area contributed by atoms with Crippen molar-refractivity contribution in [3.05, 3.63) is 124 Å². The van der Waals surface area contributed by atoms with Crippen LogP contribution < -0.4 is 14.4 Å². The third-order valence-electron chi connectivity index (χ3n) is 8.73. The number of sulfonamides is 1. The molecule has 0 aliphatic heterocycles. The summed E-state index contributed by atoms with van der Waals surface area (Å²) in [4.78, 5) is 30.5. The summed E-state index contributed by atoms with van der Waals surface area (Å²) in [7, 11) is -2.74. The van der Waals surface area contributed by atoms with Crippen molar-refractivity contribution < 1.29 is 22.7 Å². The molecular weight excluding hydrogens is 681 g/mol.